The number of hydrogen-bond donors (Lipinski definition) is 2. The Labute approximate surface area is 292 Å². The maximum Gasteiger partial charge on any atom is 0.258 e. The van der Waals surface area contributed by atoms with Crippen molar-refractivity contribution in [2.24, 2.45) is 0 Å². The summed E-state index contributed by atoms with van der Waals surface area (Å²) in [6, 6.07) is 14.1. The van der Waals surface area contributed by atoms with Crippen LogP contribution in [0.25, 0.3) is 0 Å². The molecule has 3 saturated heterocycles. The molecule has 4 aliphatic rings. The van der Waals surface area contributed by atoms with Crippen LogP contribution in [-0.2, 0) is 32.2 Å². The number of amides is 3. The van der Waals surface area contributed by atoms with E-state index in [0.29, 0.717) is 57.1 Å². The lowest BCUT2D eigenvalue weighted by atomic mass is 9.96. The average Bonchev–Trinajstić information content (AvgIpc) is 3.59. The Morgan fingerprint density at radius 1 is 0.940 bits per heavy atom. The van der Waals surface area contributed by atoms with E-state index in [1.54, 1.807) is 11.0 Å². The molecule has 2 bridgehead atoms. The van der Waals surface area contributed by atoms with E-state index in [1.807, 2.05) is 53.3 Å². The van der Waals surface area contributed by atoms with Gasteiger partial charge in [-0.3, -0.25) is 24.2 Å². The van der Waals surface area contributed by atoms with Crippen LogP contribution in [0.4, 0.5) is 5.69 Å². The number of piperazine rings is 1. The molecular formula is C36H46N8O6. The molecule has 3 amide bonds. The van der Waals surface area contributed by atoms with E-state index in [0.717, 1.165) is 56.1 Å². The molecule has 14 nitrogen and oxygen atoms in total. The predicted octanol–water partition coefficient (Wildman–Crippen LogP) is 2.08. The van der Waals surface area contributed by atoms with Gasteiger partial charge in [0.2, 0.25) is 11.8 Å². The first-order valence-electron chi connectivity index (χ1n) is 17.7. The topological polar surface area (TPSA) is 143 Å². The Balaban J connectivity index is 1.10. The molecule has 4 atom stereocenters. The summed E-state index contributed by atoms with van der Waals surface area (Å²) < 4.78 is 20.3. The lowest BCUT2D eigenvalue weighted by Crippen LogP contribution is -2.61. The number of aromatic nitrogens is 3. The third kappa shape index (κ3) is 8.15. The van der Waals surface area contributed by atoms with Crippen molar-refractivity contribution in [3.05, 3.63) is 71.5 Å². The SMILES string of the molecule is CC(=O)Nc1ccc(CN2CCN3C(=O)c4ccccc4OCC[C@@H]4CC[C@@H](n5cc(CN6CCOCC6)nn5)[C@@H](CNC(=O)[C@@H]3C2)O4)cc1. The molecule has 14 heteroatoms. The number of carbonyl (C=O) groups is 3. The first-order chi connectivity index (χ1) is 24.4. The maximum absolute atomic E-state index is 14.1. The van der Waals surface area contributed by atoms with Gasteiger partial charge in [0.1, 0.15) is 11.8 Å². The molecule has 0 spiro atoms. The van der Waals surface area contributed by atoms with E-state index in [2.05, 4.69) is 30.7 Å². The highest BCUT2D eigenvalue weighted by molar-refractivity contribution is 6.00. The molecule has 2 N–H and O–H groups in total. The van der Waals surface area contributed by atoms with Crippen molar-refractivity contribution in [2.75, 3.05) is 64.4 Å². The number of hydrogen-bond acceptors (Lipinski definition) is 10. The minimum absolute atomic E-state index is 0.0611. The highest BCUT2D eigenvalue weighted by Gasteiger charge is 2.39. The summed E-state index contributed by atoms with van der Waals surface area (Å²) in [7, 11) is 0. The van der Waals surface area contributed by atoms with Gasteiger partial charge in [0.15, 0.2) is 0 Å². The molecule has 50 heavy (non-hydrogen) atoms. The molecule has 0 unspecified atom stereocenters. The smallest absolute Gasteiger partial charge is 0.258 e. The lowest BCUT2D eigenvalue weighted by Gasteiger charge is -2.41. The summed E-state index contributed by atoms with van der Waals surface area (Å²) in [5, 5.41) is 15.0. The number of rotatable bonds is 6. The molecular weight excluding hydrogens is 640 g/mol. The van der Waals surface area contributed by atoms with Crippen molar-refractivity contribution in [2.45, 2.75) is 63.6 Å². The van der Waals surface area contributed by atoms with Gasteiger partial charge in [-0.1, -0.05) is 29.5 Å². The molecule has 0 aliphatic carbocycles. The Kier molecular flexibility index (Phi) is 10.7. The van der Waals surface area contributed by atoms with Crippen LogP contribution in [0.2, 0.25) is 0 Å². The van der Waals surface area contributed by atoms with E-state index in [-0.39, 0.29) is 42.5 Å². The summed E-state index contributed by atoms with van der Waals surface area (Å²) in [6.45, 7) is 7.98. The van der Waals surface area contributed by atoms with E-state index < -0.39 is 6.04 Å². The number of morpholine rings is 1. The molecule has 3 aromatic rings. The van der Waals surface area contributed by atoms with Crippen molar-refractivity contribution < 1.29 is 28.6 Å². The maximum atomic E-state index is 14.1. The summed E-state index contributed by atoms with van der Waals surface area (Å²) >= 11 is 0. The van der Waals surface area contributed by atoms with E-state index in [4.69, 9.17) is 14.2 Å². The second kappa shape index (κ2) is 15.7. The van der Waals surface area contributed by atoms with Crippen LogP contribution in [0.1, 0.15) is 53.8 Å². The van der Waals surface area contributed by atoms with E-state index in [1.165, 1.54) is 6.92 Å². The lowest BCUT2D eigenvalue weighted by molar-refractivity contribution is -0.130. The molecule has 4 aliphatic heterocycles. The summed E-state index contributed by atoms with van der Waals surface area (Å²) in [6.07, 6.45) is 3.90. The van der Waals surface area contributed by atoms with E-state index >= 15 is 0 Å². The number of benzene rings is 2. The molecule has 5 heterocycles. The number of nitrogens with zero attached hydrogens (tertiary/aromatic N) is 6. The molecule has 0 radical (unpaired) electrons. The molecule has 1 aromatic heterocycles. The van der Waals surface area contributed by atoms with Gasteiger partial charge in [0, 0.05) is 71.4 Å². The third-order valence-electron chi connectivity index (χ3n) is 9.97. The van der Waals surface area contributed by atoms with Gasteiger partial charge in [-0.15, -0.1) is 5.10 Å². The summed E-state index contributed by atoms with van der Waals surface area (Å²) in [4.78, 5) is 45.9. The minimum atomic E-state index is -0.727. The number of fused-ring (bicyclic) bond motifs is 4. The van der Waals surface area contributed by atoms with Crippen molar-refractivity contribution in [1.29, 1.82) is 0 Å². The van der Waals surface area contributed by atoms with Crippen LogP contribution in [-0.4, -0.2) is 125 Å². The average molecular weight is 687 g/mol. The van der Waals surface area contributed by atoms with Crippen LogP contribution in [0.5, 0.6) is 5.75 Å². The van der Waals surface area contributed by atoms with Crippen LogP contribution in [0.3, 0.4) is 0 Å². The number of para-hydroxylation sites is 1. The number of anilines is 1. The first kappa shape index (κ1) is 34.1. The summed E-state index contributed by atoms with van der Waals surface area (Å²) in [5.74, 6) is -0.0610. The van der Waals surface area contributed by atoms with Gasteiger partial charge in [-0.05, 0) is 42.7 Å². The van der Waals surface area contributed by atoms with Crippen molar-refractivity contribution in [1.82, 2.24) is 35.0 Å². The number of ether oxygens (including phenoxy) is 3. The fourth-order valence-corrected chi connectivity index (χ4v) is 7.33. The first-order valence-corrected chi connectivity index (χ1v) is 17.7. The van der Waals surface area contributed by atoms with Crippen molar-refractivity contribution >= 4 is 23.4 Å². The Morgan fingerprint density at radius 2 is 1.76 bits per heavy atom. The zero-order valence-electron chi connectivity index (χ0n) is 28.5. The Morgan fingerprint density at radius 3 is 2.58 bits per heavy atom. The standard InChI is InChI=1S/C36H46N8O6/c1-25(45)38-27-8-6-26(7-9-27)21-42-13-14-43-32(24-42)35(46)37-20-34-31(44-23-28(39-40-44)22-41-15-18-48-19-16-41)11-10-29(50-34)12-17-49-33-5-3-2-4-30(33)36(43)47/h2-9,23,29,31-32,34H,10-22,24H2,1H3,(H,37,46)(H,38,45)/t29-,31+,32-,34+/m0/s1. The second-order valence-electron chi connectivity index (χ2n) is 13.5. The molecule has 2 aromatic carbocycles. The van der Waals surface area contributed by atoms with Crippen LogP contribution in [0, 0.1) is 0 Å². The summed E-state index contributed by atoms with van der Waals surface area (Å²) in [5.41, 5.74) is 3.12. The fourth-order valence-electron chi connectivity index (χ4n) is 7.33. The highest BCUT2D eigenvalue weighted by Crippen LogP contribution is 2.31. The molecule has 3 fully saturated rings. The van der Waals surface area contributed by atoms with Crippen LogP contribution in [0.15, 0.2) is 54.7 Å². The monoisotopic (exact) mass is 686 g/mol. The second-order valence-corrected chi connectivity index (χ2v) is 13.5. The quantitative estimate of drug-likeness (QED) is 0.396. The largest absolute Gasteiger partial charge is 0.493 e. The van der Waals surface area contributed by atoms with Crippen LogP contribution < -0.4 is 15.4 Å². The van der Waals surface area contributed by atoms with Gasteiger partial charge in [-0.25, -0.2) is 4.68 Å². The van der Waals surface area contributed by atoms with Crippen LogP contribution >= 0.6 is 0 Å². The van der Waals surface area contributed by atoms with Gasteiger partial charge >= 0.3 is 0 Å². The Bertz CT molecular complexity index is 1640. The zero-order valence-corrected chi connectivity index (χ0v) is 28.5. The molecule has 266 valence electrons. The number of nitrogens with one attached hydrogen (secondary N) is 2. The number of carbonyl (C=O) groups excluding carboxylic acids is 3. The normalized spacial score (nSPS) is 25.4. The van der Waals surface area contributed by atoms with Gasteiger partial charge in [0.25, 0.3) is 5.91 Å². The van der Waals surface area contributed by atoms with Crippen molar-refractivity contribution in [3.8, 4) is 5.75 Å². The zero-order chi connectivity index (χ0) is 34.5. The molecule has 0 saturated carbocycles. The molecule has 7 rings (SSSR count). The Hall–Kier alpha value is -4.37. The van der Waals surface area contributed by atoms with E-state index in [9.17, 15) is 14.4 Å². The minimum Gasteiger partial charge on any atom is -0.493 e. The highest BCUT2D eigenvalue weighted by atomic mass is 16.5. The fraction of sp³-hybridized carbons (Fsp3) is 0.528. The van der Waals surface area contributed by atoms with Gasteiger partial charge < -0.3 is 29.7 Å². The third-order valence-corrected chi connectivity index (χ3v) is 9.97. The van der Waals surface area contributed by atoms with Gasteiger partial charge in [0.05, 0.1) is 55.5 Å². The van der Waals surface area contributed by atoms with Crippen molar-refractivity contribution in [3.63, 3.8) is 0 Å². The van der Waals surface area contributed by atoms with Gasteiger partial charge in [-0.2, -0.15) is 0 Å². The predicted molar refractivity (Wildman–Crippen MR) is 183 cm³/mol.